The van der Waals surface area contributed by atoms with Crippen molar-refractivity contribution < 1.29 is 18.0 Å². The molecule has 0 radical (unpaired) electrons. The molecule has 0 aromatic heterocycles. The lowest BCUT2D eigenvalue weighted by atomic mass is 10.1. The summed E-state index contributed by atoms with van der Waals surface area (Å²) in [6.07, 6.45) is 1.80. The lowest BCUT2D eigenvalue weighted by Crippen LogP contribution is -2.52. The second kappa shape index (κ2) is 12.0. The Balaban J connectivity index is 2.40. The Labute approximate surface area is 212 Å². The first-order valence-electron chi connectivity index (χ1n) is 10.5. The van der Waals surface area contributed by atoms with E-state index in [9.17, 15) is 18.0 Å². The van der Waals surface area contributed by atoms with Gasteiger partial charge in [0.1, 0.15) is 12.6 Å². The Kier molecular flexibility index (Phi) is 9.93. The fraction of sp³-hybridized carbons (Fsp3) is 0.391. The summed E-state index contributed by atoms with van der Waals surface area (Å²) in [4.78, 5) is 27.8. The van der Waals surface area contributed by atoms with Crippen molar-refractivity contribution in [2.24, 2.45) is 0 Å². The molecule has 0 unspecified atom stereocenters. The number of hydrogen-bond donors (Lipinski definition) is 1. The average molecular weight is 603 g/mol. The maximum absolute atomic E-state index is 13.5. The van der Waals surface area contributed by atoms with E-state index in [0.29, 0.717) is 10.2 Å². The molecule has 180 valence electrons. The van der Waals surface area contributed by atoms with Crippen molar-refractivity contribution in [2.45, 2.75) is 45.8 Å². The molecule has 0 aliphatic heterocycles. The summed E-state index contributed by atoms with van der Waals surface area (Å²) < 4.78 is 27.6. The summed E-state index contributed by atoms with van der Waals surface area (Å²) in [5.74, 6) is -0.776. The van der Waals surface area contributed by atoms with Crippen molar-refractivity contribution in [1.29, 1.82) is 0 Å². The van der Waals surface area contributed by atoms with Crippen LogP contribution in [-0.4, -0.2) is 50.0 Å². The highest BCUT2D eigenvalue weighted by atomic mass is 79.9. The van der Waals surface area contributed by atoms with Crippen LogP contribution in [0.15, 0.2) is 57.5 Å². The minimum absolute atomic E-state index is 0.0458. The van der Waals surface area contributed by atoms with Gasteiger partial charge in [0.15, 0.2) is 0 Å². The van der Waals surface area contributed by atoms with E-state index < -0.39 is 28.5 Å². The van der Waals surface area contributed by atoms with Gasteiger partial charge in [-0.05, 0) is 66.0 Å². The van der Waals surface area contributed by atoms with E-state index in [1.54, 1.807) is 31.2 Å². The number of nitrogens with zero attached hydrogens (tertiary/aromatic N) is 2. The van der Waals surface area contributed by atoms with Crippen LogP contribution in [-0.2, 0) is 26.2 Å². The Hall–Kier alpha value is -1.91. The van der Waals surface area contributed by atoms with Crippen LogP contribution in [0.4, 0.5) is 5.69 Å². The molecule has 10 heteroatoms. The van der Waals surface area contributed by atoms with Gasteiger partial charge < -0.3 is 10.2 Å². The zero-order chi connectivity index (χ0) is 24.8. The molecular formula is C23H29Br2N3O4S. The Morgan fingerprint density at radius 1 is 1.06 bits per heavy atom. The van der Waals surface area contributed by atoms with Crippen LogP contribution in [0.2, 0.25) is 0 Å². The summed E-state index contributed by atoms with van der Waals surface area (Å²) in [6, 6.07) is 13.4. The monoisotopic (exact) mass is 601 g/mol. The molecule has 0 saturated heterocycles. The lowest BCUT2D eigenvalue weighted by Gasteiger charge is -2.32. The molecule has 2 atom stereocenters. The third-order valence-corrected chi connectivity index (χ3v) is 7.50. The minimum Gasteiger partial charge on any atom is -0.352 e. The summed E-state index contributed by atoms with van der Waals surface area (Å²) >= 11 is 6.79. The van der Waals surface area contributed by atoms with Gasteiger partial charge in [-0.1, -0.05) is 47.1 Å². The minimum atomic E-state index is -3.77. The van der Waals surface area contributed by atoms with Crippen molar-refractivity contribution in [3.63, 3.8) is 0 Å². The van der Waals surface area contributed by atoms with Crippen molar-refractivity contribution in [3.05, 3.63) is 63.0 Å². The van der Waals surface area contributed by atoms with Gasteiger partial charge in [0.05, 0.1) is 11.9 Å². The molecule has 0 saturated carbocycles. The SMILES string of the molecule is CC[C@@H](C)NC(=O)[C@@H](C)N(Cc1cccc(Br)c1)C(=O)CN(c1ccccc1Br)S(C)(=O)=O. The van der Waals surface area contributed by atoms with Crippen LogP contribution in [0.1, 0.15) is 32.8 Å². The number of carbonyl (C=O) groups is 2. The number of amides is 2. The number of anilines is 1. The van der Waals surface area contributed by atoms with E-state index in [1.165, 1.54) is 4.90 Å². The number of sulfonamides is 1. The van der Waals surface area contributed by atoms with Gasteiger partial charge >= 0.3 is 0 Å². The molecule has 0 heterocycles. The normalized spacial score (nSPS) is 13.2. The Morgan fingerprint density at radius 2 is 1.73 bits per heavy atom. The van der Waals surface area contributed by atoms with Crippen LogP contribution in [0, 0.1) is 0 Å². The second-order valence-electron chi connectivity index (χ2n) is 7.87. The zero-order valence-corrected chi connectivity index (χ0v) is 23.1. The fourth-order valence-electron chi connectivity index (χ4n) is 3.13. The predicted octanol–water partition coefficient (Wildman–Crippen LogP) is 4.31. The average Bonchev–Trinajstić information content (AvgIpc) is 2.75. The topological polar surface area (TPSA) is 86.8 Å². The number of nitrogens with one attached hydrogen (secondary N) is 1. The van der Waals surface area contributed by atoms with Gasteiger partial charge in [0.2, 0.25) is 21.8 Å². The third-order valence-electron chi connectivity index (χ3n) is 5.21. The van der Waals surface area contributed by atoms with Gasteiger partial charge in [0.25, 0.3) is 0 Å². The van der Waals surface area contributed by atoms with Crippen molar-refractivity contribution in [3.8, 4) is 0 Å². The highest BCUT2D eigenvalue weighted by Gasteiger charge is 2.31. The van der Waals surface area contributed by atoms with Crippen LogP contribution in [0.25, 0.3) is 0 Å². The number of halogens is 2. The third kappa shape index (κ3) is 7.82. The molecule has 0 fully saturated rings. The van der Waals surface area contributed by atoms with Crippen LogP contribution in [0.5, 0.6) is 0 Å². The molecule has 2 rings (SSSR count). The van der Waals surface area contributed by atoms with Crippen molar-refractivity contribution in [1.82, 2.24) is 10.2 Å². The van der Waals surface area contributed by atoms with Gasteiger partial charge in [-0.15, -0.1) is 0 Å². The first kappa shape index (κ1) is 27.3. The predicted molar refractivity (Wildman–Crippen MR) is 138 cm³/mol. The van der Waals surface area contributed by atoms with Crippen LogP contribution in [0.3, 0.4) is 0 Å². The first-order valence-corrected chi connectivity index (χ1v) is 13.9. The van der Waals surface area contributed by atoms with Crippen LogP contribution >= 0.6 is 31.9 Å². The second-order valence-corrected chi connectivity index (χ2v) is 11.5. The lowest BCUT2D eigenvalue weighted by molar-refractivity contribution is -0.139. The van der Waals surface area contributed by atoms with Gasteiger partial charge in [-0.3, -0.25) is 13.9 Å². The van der Waals surface area contributed by atoms with E-state index in [2.05, 4.69) is 37.2 Å². The number of carbonyl (C=O) groups excluding carboxylic acids is 2. The molecule has 0 spiro atoms. The van der Waals surface area contributed by atoms with E-state index in [0.717, 1.165) is 27.0 Å². The summed E-state index contributed by atoms with van der Waals surface area (Å²) in [5.41, 5.74) is 1.17. The van der Waals surface area contributed by atoms with E-state index in [4.69, 9.17) is 0 Å². The summed E-state index contributed by atoms with van der Waals surface area (Å²) in [7, 11) is -3.77. The highest BCUT2D eigenvalue weighted by molar-refractivity contribution is 9.10. The quantitative estimate of drug-likeness (QED) is 0.439. The van der Waals surface area contributed by atoms with E-state index in [1.807, 2.05) is 38.1 Å². The molecule has 2 aromatic rings. The molecule has 0 aliphatic rings. The molecule has 0 aliphatic carbocycles. The Morgan fingerprint density at radius 3 is 2.30 bits per heavy atom. The number of hydrogen-bond acceptors (Lipinski definition) is 4. The number of benzene rings is 2. The van der Waals surface area contributed by atoms with E-state index >= 15 is 0 Å². The van der Waals surface area contributed by atoms with Crippen molar-refractivity contribution in [2.75, 3.05) is 17.1 Å². The first-order chi connectivity index (χ1) is 15.4. The zero-order valence-electron chi connectivity index (χ0n) is 19.1. The molecule has 7 nitrogen and oxygen atoms in total. The maximum Gasteiger partial charge on any atom is 0.244 e. The molecule has 1 N–H and O–H groups in total. The van der Waals surface area contributed by atoms with Crippen molar-refractivity contribution >= 4 is 59.4 Å². The van der Waals surface area contributed by atoms with Gasteiger partial charge in [-0.25, -0.2) is 8.42 Å². The molecule has 33 heavy (non-hydrogen) atoms. The molecule has 0 bridgehead atoms. The summed E-state index contributed by atoms with van der Waals surface area (Å²) in [6.45, 7) is 5.22. The maximum atomic E-state index is 13.5. The van der Waals surface area contributed by atoms with Gasteiger partial charge in [0, 0.05) is 21.5 Å². The largest absolute Gasteiger partial charge is 0.352 e. The Bertz CT molecular complexity index is 1090. The summed E-state index contributed by atoms with van der Waals surface area (Å²) in [5, 5.41) is 2.90. The van der Waals surface area contributed by atoms with Crippen LogP contribution < -0.4 is 9.62 Å². The molecular weight excluding hydrogens is 574 g/mol. The number of rotatable bonds is 10. The smallest absolute Gasteiger partial charge is 0.244 e. The molecule has 2 aromatic carbocycles. The standard InChI is InChI=1S/C23H29Br2N3O4S/c1-5-16(2)26-23(30)17(3)27(14-18-9-8-10-19(24)13-18)22(29)15-28(33(4,31)32)21-12-7-6-11-20(21)25/h6-13,16-17H,5,14-15H2,1-4H3,(H,26,30)/t16-,17-/m1/s1. The fourth-order valence-corrected chi connectivity index (χ4v) is 5.05. The highest BCUT2D eigenvalue weighted by Crippen LogP contribution is 2.28. The molecule has 2 amide bonds. The van der Waals surface area contributed by atoms with E-state index in [-0.39, 0.29) is 18.5 Å². The number of para-hydroxylation sites is 1. The van der Waals surface area contributed by atoms with Gasteiger partial charge in [-0.2, -0.15) is 0 Å².